The predicted molar refractivity (Wildman–Crippen MR) is 57.4 cm³/mol. The van der Waals surface area contributed by atoms with Crippen LogP contribution >= 0.6 is 15.9 Å². The van der Waals surface area contributed by atoms with Gasteiger partial charge in [-0.15, -0.1) is 0 Å². The molecule has 0 aromatic carbocycles. The van der Waals surface area contributed by atoms with E-state index in [0.29, 0.717) is 15.8 Å². The van der Waals surface area contributed by atoms with E-state index in [1.807, 2.05) is 0 Å². The van der Waals surface area contributed by atoms with Crippen molar-refractivity contribution in [2.75, 3.05) is 0 Å². The van der Waals surface area contributed by atoms with Crippen LogP contribution < -0.4 is 0 Å². The number of fused-ring (bicyclic) bond motifs is 1. The van der Waals surface area contributed by atoms with Crippen LogP contribution in [0, 0.1) is 13.8 Å². The van der Waals surface area contributed by atoms with Crippen molar-refractivity contribution in [2.45, 2.75) is 20.0 Å². The van der Waals surface area contributed by atoms with E-state index >= 15 is 0 Å². The van der Waals surface area contributed by atoms with E-state index in [2.05, 4.69) is 20.9 Å². The summed E-state index contributed by atoms with van der Waals surface area (Å²) in [5, 5.41) is 0. The Morgan fingerprint density at radius 3 is 2.50 bits per heavy atom. The normalized spacial score (nSPS) is 12.4. The minimum atomic E-state index is -4.35. The summed E-state index contributed by atoms with van der Waals surface area (Å²) in [5.74, 6) is 0. The van der Waals surface area contributed by atoms with Crippen LogP contribution in [0.15, 0.2) is 16.7 Å². The van der Waals surface area contributed by atoms with Crippen LogP contribution in [0.1, 0.15) is 17.0 Å². The van der Waals surface area contributed by atoms with Crippen LogP contribution in [0.25, 0.3) is 5.65 Å². The molecule has 0 unspecified atom stereocenters. The number of imidazole rings is 1. The van der Waals surface area contributed by atoms with Gasteiger partial charge in [0.05, 0.1) is 15.7 Å². The molecule has 2 nitrogen and oxygen atoms in total. The minimum absolute atomic E-state index is 0.346. The molecule has 2 heterocycles. The number of nitrogens with zero attached hydrogens (tertiary/aromatic N) is 2. The van der Waals surface area contributed by atoms with Gasteiger partial charge in [0.15, 0.2) is 5.65 Å². The Labute approximate surface area is 98.2 Å². The molecule has 2 aromatic rings. The van der Waals surface area contributed by atoms with Gasteiger partial charge in [0.1, 0.15) is 0 Å². The maximum atomic E-state index is 12.6. The number of aryl methyl sites for hydroxylation is 2. The topological polar surface area (TPSA) is 17.3 Å². The van der Waals surface area contributed by atoms with Crippen LogP contribution in [0.3, 0.4) is 0 Å². The lowest BCUT2D eigenvalue weighted by Gasteiger charge is -2.08. The first-order chi connectivity index (χ1) is 7.30. The molecule has 0 bridgehead atoms. The van der Waals surface area contributed by atoms with Crippen molar-refractivity contribution >= 4 is 21.6 Å². The third-order valence-electron chi connectivity index (χ3n) is 2.48. The molecule has 2 aromatic heterocycles. The molecule has 16 heavy (non-hydrogen) atoms. The first-order valence-electron chi connectivity index (χ1n) is 4.52. The highest BCUT2D eigenvalue weighted by atomic mass is 79.9. The highest BCUT2D eigenvalue weighted by Crippen LogP contribution is 2.32. The van der Waals surface area contributed by atoms with Crippen LogP contribution in [-0.4, -0.2) is 9.38 Å². The fraction of sp³-hybridized carbons (Fsp3) is 0.300. The van der Waals surface area contributed by atoms with Crippen molar-refractivity contribution in [2.24, 2.45) is 0 Å². The molecular weight excluding hydrogens is 285 g/mol. The number of halogens is 4. The van der Waals surface area contributed by atoms with Gasteiger partial charge in [-0.3, -0.25) is 0 Å². The maximum absolute atomic E-state index is 12.6. The molecule has 0 aliphatic rings. The van der Waals surface area contributed by atoms with Crippen LogP contribution in [0.2, 0.25) is 0 Å². The van der Waals surface area contributed by atoms with Crippen LogP contribution in [0.4, 0.5) is 13.2 Å². The highest BCUT2D eigenvalue weighted by molar-refractivity contribution is 9.10. The molecule has 6 heteroatoms. The van der Waals surface area contributed by atoms with Gasteiger partial charge in [0.2, 0.25) is 0 Å². The number of hydrogen-bond acceptors (Lipinski definition) is 1. The van der Waals surface area contributed by atoms with Crippen molar-refractivity contribution in [3.05, 3.63) is 33.7 Å². The monoisotopic (exact) mass is 292 g/mol. The molecule has 0 saturated carbocycles. The van der Waals surface area contributed by atoms with Crippen molar-refractivity contribution in [1.82, 2.24) is 9.38 Å². The molecule has 0 aliphatic heterocycles. The Kier molecular flexibility index (Phi) is 2.49. The van der Waals surface area contributed by atoms with Crippen LogP contribution in [-0.2, 0) is 6.18 Å². The van der Waals surface area contributed by atoms with Crippen molar-refractivity contribution in [1.29, 1.82) is 0 Å². The second-order valence-electron chi connectivity index (χ2n) is 3.55. The summed E-state index contributed by atoms with van der Waals surface area (Å²) in [6.07, 6.45) is -3.28. The Morgan fingerprint density at radius 1 is 1.31 bits per heavy atom. The maximum Gasteiger partial charge on any atom is 0.417 e. The molecule has 2 rings (SSSR count). The minimum Gasteiger partial charge on any atom is -0.303 e. The van der Waals surface area contributed by atoms with Gasteiger partial charge in [-0.05, 0) is 35.8 Å². The Hall–Kier alpha value is -1.04. The fourth-order valence-electron chi connectivity index (χ4n) is 1.49. The summed E-state index contributed by atoms with van der Waals surface area (Å²) in [6, 6.07) is 1.04. The molecule has 0 amide bonds. The van der Waals surface area contributed by atoms with E-state index in [9.17, 15) is 13.2 Å². The summed E-state index contributed by atoms with van der Waals surface area (Å²) in [5.41, 5.74) is 1.25. The molecule has 0 aliphatic carbocycles. The van der Waals surface area contributed by atoms with Gasteiger partial charge in [0.25, 0.3) is 0 Å². The quantitative estimate of drug-likeness (QED) is 0.723. The lowest BCUT2D eigenvalue weighted by molar-refractivity contribution is -0.137. The van der Waals surface area contributed by atoms with E-state index in [1.165, 1.54) is 4.40 Å². The molecular formula is C10H8BrF3N2. The first-order valence-corrected chi connectivity index (χ1v) is 5.32. The SMILES string of the molecule is Cc1nc2c(Br)cc(C(F)(F)F)cn2c1C. The molecule has 0 saturated heterocycles. The average Bonchev–Trinajstić information content (AvgIpc) is 2.44. The largest absolute Gasteiger partial charge is 0.417 e. The van der Waals surface area contributed by atoms with E-state index < -0.39 is 11.7 Å². The molecule has 0 N–H and O–H groups in total. The van der Waals surface area contributed by atoms with E-state index in [0.717, 1.165) is 18.0 Å². The zero-order chi connectivity index (χ0) is 12.1. The highest BCUT2D eigenvalue weighted by Gasteiger charge is 2.32. The Balaban J connectivity index is 2.80. The van der Waals surface area contributed by atoms with Crippen molar-refractivity contribution < 1.29 is 13.2 Å². The molecule has 86 valence electrons. The summed E-state index contributed by atoms with van der Waals surface area (Å²) < 4.78 is 39.5. The van der Waals surface area contributed by atoms with Gasteiger partial charge in [0, 0.05) is 11.9 Å². The third-order valence-corrected chi connectivity index (χ3v) is 3.06. The summed E-state index contributed by atoms with van der Waals surface area (Å²) >= 11 is 3.10. The Bertz CT molecular complexity index is 557. The van der Waals surface area contributed by atoms with Crippen molar-refractivity contribution in [3.63, 3.8) is 0 Å². The molecule has 0 fully saturated rings. The summed E-state index contributed by atoms with van der Waals surface area (Å²) in [7, 11) is 0. The van der Waals surface area contributed by atoms with Crippen LogP contribution in [0.5, 0.6) is 0 Å². The van der Waals surface area contributed by atoms with Gasteiger partial charge in [-0.1, -0.05) is 0 Å². The lowest BCUT2D eigenvalue weighted by Crippen LogP contribution is -2.07. The average molecular weight is 293 g/mol. The Morgan fingerprint density at radius 2 is 1.94 bits per heavy atom. The summed E-state index contributed by atoms with van der Waals surface area (Å²) in [4.78, 5) is 4.18. The number of aromatic nitrogens is 2. The molecule has 0 atom stereocenters. The first kappa shape index (κ1) is 11.4. The third kappa shape index (κ3) is 1.71. The number of hydrogen-bond donors (Lipinski definition) is 0. The smallest absolute Gasteiger partial charge is 0.303 e. The van der Waals surface area contributed by atoms with E-state index in [-0.39, 0.29) is 0 Å². The second-order valence-corrected chi connectivity index (χ2v) is 4.41. The van der Waals surface area contributed by atoms with Gasteiger partial charge >= 0.3 is 6.18 Å². The number of alkyl halides is 3. The van der Waals surface area contributed by atoms with Gasteiger partial charge < -0.3 is 4.40 Å². The molecule has 0 radical (unpaired) electrons. The number of pyridine rings is 1. The number of rotatable bonds is 0. The zero-order valence-electron chi connectivity index (χ0n) is 8.56. The van der Waals surface area contributed by atoms with Crippen molar-refractivity contribution in [3.8, 4) is 0 Å². The lowest BCUT2D eigenvalue weighted by atomic mass is 10.3. The van der Waals surface area contributed by atoms with E-state index in [4.69, 9.17) is 0 Å². The standard InChI is InChI=1S/C10H8BrF3N2/c1-5-6(2)16-4-7(10(12,13)14)3-8(11)9(16)15-5/h3-4H,1-2H3. The second kappa shape index (κ2) is 3.48. The fourth-order valence-corrected chi connectivity index (χ4v) is 2.01. The van der Waals surface area contributed by atoms with Gasteiger partial charge in [-0.2, -0.15) is 13.2 Å². The molecule has 0 spiro atoms. The zero-order valence-corrected chi connectivity index (χ0v) is 10.1. The predicted octanol–water partition coefficient (Wildman–Crippen LogP) is 3.73. The summed E-state index contributed by atoms with van der Waals surface area (Å²) in [6.45, 7) is 3.50. The van der Waals surface area contributed by atoms with E-state index in [1.54, 1.807) is 13.8 Å². The van der Waals surface area contributed by atoms with Gasteiger partial charge in [-0.25, -0.2) is 4.98 Å².